The minimum absolute atomic E-state index is 0.341. The zero-order valence-corrected chi connectivity index (χ0v) is 12.3. The SMILES string of the molecule is C=C(Br)CN(C)C[C@H](O)COCc1ccccc1. The molecule has 1 rings (SSSR count). The van der Waals surface area contributed by atoms with Gasteiger partial charge in [-0.25, -0.2) is 0 Å². The van der Waals surface area contributed by atoms with E-state index in [0.717, 1.165) is 16.6 Å². The molecule has 1 atom stereocenters. The molecule has 1 aromatic rings. The standard InChI is InChI=1S/C14H20BrNO2/c1-12(15)8-16(2)9-14(17)11-18-10-13-6-4-3-5-7-13/h3-7,14,17H,1,8-11H2,2H3/t14-/m0/s1. The second kappa shape index (κ2) is 8.43. The molecule has 0 spiro atoms. The Morgan fingerprint density at radius 3 is 2.72 bits per heavy atom. The Bertz CT molecular complexity index is 356. The lowest BCUT2D eigenvalue weighted by atomic mass is 10.2. The summed E-state index contributed by atoms with van der Waals surface area (Å²) in [5, 5.41) is 9.80. The van der Waals surface area contributed by atoms with Crippen LogP contribution >= 0.6 is 15.9 Å². The van der Waals surface area contributed by atoms with Crippen LogP contribution in [0.5, 0.6) is 0 Å². The lowest BCUT2D eigenvalue weighted by Crippen LogP contribution is -2.32. The van der Waals surface area contributed by atoms with Crippen molar-refractivity contribution in [3.63, 3.8) is 0 Å². The molecule has 0 aliphatic rings. The van der Waals surface area contributed by atoms with Gasteiger partial charge in [0.2, 0.25) is 0 Å². The third kappa shape index (κ3) is 6.91. The topological polar surface area (TPSA) is 32.7 Å². The summed E-state index contributed by atoms with van der Waals surface area (Å²) in [6.07, 6.45) is -0.481. The maximum atomic E-state index is 9.80. The van der Waals surface area contributed by atoms with Gasteiger partial charge in [0.05, 0.1) is 19.3 Å². The normalized spacial score (nSPS) is 12.7. The average molecular weight is 314 g/mol. The van der Waals surface area contributed by atoms with Crippen molar-refractivity contribution in [2.75, 3.05) is 26.7 Å². The predicted molar refractivity (Wildman–Crippen MR) is 77.7 cm³/mol. The number of rotatable bonds is 8. The first-order valence-electron chi connectivity index (χ1n) is 5.89. The molecule has 0 saturated carbocycles. The van der Waals surface area contributed by atoms with Crippen molar-refractivity contribution in [3.8, 4) is 0 Å². The number of aliphatic hydroxyl groups excluding tert-OH is 1. The molecule has 0 saturated heterocycles. The van der Waals surface area contributed by atoms with Gasteiger partial charge in [0.15, 0.2) is 0 Å². The van der Waals surface area contributed by atoms with E-state index in [9.17, 15) is 5.11 Å². The highest BCUT2D eigenvalue weighted by atomic mass is 79.9. The molecule has 0 amide bonds. The van der Waals surface area contributed by atoms with Crippen LogP contribution in [0.4, 0.5) is 0 Å². The van der Waals surface area contributed by atoms with Crippen LogP contribution < -0.4 is 0 Å². The Morgan fingerprint density at radius 1 is 1.44 bits per heavy atom. The van der Waals surface area contributed by atoms with Gasteiger partial charge in [-0.2, -0.15) is 0 Å². The first-order chi connectivity index (χ1) is 8.58. The van der Waals surface area contributed by atoms with Gasteiger partial charge in [-0.05, 0) is 12.6 Å². The maximum absolute atomic E-state index is 9.80. The molecule has 18 heavy (non-hydrogen) atoms. The van der Waals surface area contributed by atoms with Crippen LogP contribution in [-0.4, -0.2) is 42.9 Å². The molecule has 0 unspecified atom stereocenters. The van der Waals surface area contributed by atoms with E-state index < -0.39 is 6.10 Å². The molecule has 3 nitrogen and oxygen atoms in total. The molecule has 1 N–H and O–H groups in total. The van der Waals surface area contributed by atoms with E-state index in [1.165, 1.54) is 0 Å². The van der Waals surface area contributed by atoms with Crippen molar-refractivity contribution in [1.82, 2.24) is 4.90 Å². The minimum atomic E-state index is -0.481. The number of aliphatic hydroxyl groups is 1. The quantitative estimate of drug-likeness (QED) is 0.800. The fourth-order valence-electron chi connectivity index (χ4n) is 1.66. The summed E-state index contributed by atoms with van der Waals surface area (Å²) in [5.41, 5.74) is 1.12. The first-order valence-corrected chi connectivity index (χ1v) is 6.69. The number of halogens is 1. The number of nitrogens with zero attached hydrogens (tertiary/aromatic N) is 1. The Labute approximate surface area is 117 Å². The number of ether oxygens (including phenoxy) is 1. The predicted octanol–water partition coefficient (Wildman–Crippen LogP) is 2.40. The summed E-state index contributed by atoms with van der Waals surface area (Å²) in [5.74, 6) is 0. The van der Waals surface area contributed by atoms with Crippen molar-refractivity contribution < 1.29 is 9.84 Å². The van der Waals surface area contributed by atoms with E-state index >= 15 is 0 Å². The van der Waals surface area contributed by atoms with E-state index in [1.54, 1.807) is 0 Å². The molecule has 0 bridgehead atoms. The summed E-state index contributed by atoms with van der Waals surface area (Å²) in [7, 11) is 1.94. The van der Waals surface area contributed by atoms with Crippen LogP contribution in [0.15, 0.2) is 41.4 Å². The van der Waals surface area contributed by atoms with Gasteiger partial charge in [-0.3, -0.25) is 4.90 Å². The maximum Gasteiger partial charge on any atom is 0.0900 e. The molecule has 100 valence electrons. The fourth-order valence-corrected chi connectivity index (χ4v) is 2.09. The monoisotopic (exact) mass is 313 g/mol. The summed E-state index contributed by atoms with van der Waals surface area (Å²) in [6, 6.07) is 9.94. The van der Waals surface area contributed by atoms with Crippen molar-refractivity contribution >= 4 is 15.9 Å². The van der Waals surface area contributed by atoms with Gasteiger partial charge in [-0.15, -0.1) is 0 Å². The van der Waals surface area contributed by atoms with Gasteiger partial charge in [0.25, 0.3) is 0 Å². The van der Waals surface area contributed by atoms with Gasteiger partial charge < -0.3 is 9.84 Å². The van der Waals surface area contributed by atoms with Crippen LogP contribution in [0.2, 0.25) is 0 Å². The highest BCUT2D eigenvalue weighted by molar-refractivity contribution is 9.11. The van der Waals surface area contributed by atoms with E-state index in [1.807, 2.05) is 42.3 Å². The van der Waals surface area contributed by atoms with Crippen molar-refractivity contribution in [1.29, 1.82) is 0 Å². The number of benzene rings is 1. The molecule has 1 aromatic carbocycles. The second-order valence-electron chi connectivity index (χ2n) is 4.37. The molecule has 0 radical (unpaired) electrons. The van der Waals surface area contributed by atoms with Crippen LogP contribution in [-0.2, 0) is 11.3 Å². The highest BCUT2D eigenvalue weighted by Gasteiger charge is 2.08. The van der Waals surface area contributed by atoms with Gasteiger partial charge in [-0.1, -0.05) is 52.8 Å². The van der Waals surface area contributed by atoms with E-state index in [-0.39, 0.29) is 0 Å². The molecule has 0 heterocycles. The van der Waals surface area contributed by atoms with Crippen LogP contribution in [0.1, 0.15) is 5.56 Å². The largest absolute Gasteiger partial charge is 0.389 e. The Morgan fingerprint density at radius 2 is 2.11 bits per heavy atom. The fraction of sp³-hybridized carbons (Fsp3) is 0.429. The molecular formula is C14H20BrNO2. The molecular weight excluding hydrogens is 294 g/mol. The third-order valence-electron chi connectivity index (χ3n) is 2.39. The van der Waals surface area contributed by atoms with Crippen LogP contribution in [0.3, 0.4) is 0 Å². The van der Waals surface area contributed by atoms with E-state index in [0.29, 0.717) is 19.8 Å². The zero-order chi connectivity index (χ0) is 13.4. The summed E-state index contributed by atoms with van der Waals surface area (Å²) < 4.78 is 6.38. The lowest BCUT2D eigenvalue weighted by molar-refractivity contribution is 0.0151. The average Bonchev–Trinajstić information content (AvgIpc) is 2.29. The Kier molecular flexibility index (Phi) is 7.20. The number of hydrogen-bond acceptors (Lipinski definition) is 3. The van der Waals surface area contributed by atoms with Gasteiger partial charge >= 0.3 is 0 Å². The van der Waals surface area contributed by atoms with Crippen molar-refractivity contribution in [2.45, 2.75) is 12.7 Å². The summed E-state index contributed by atoms with van der Waals surface area (Å²) in [4.78, 5) is 1.99. The zero-order valence-electron chi connectivity index (χ0n) is 10.7. The Hall–Kier alpha value is -0.680. The lowest BCUT2D eigenvalue weighted by Gasteiger charge is -2.20. The smallest absolute Gasteiger partial charge is 0.0900 e. The second-order valence-corrected chi connectivity index (χ2v) is 5.49. The number of likely N-dealkylation sites (N-methyl/N-ethyl adjacent to an activating group) is 1. The van der Waals surface area contributed by atoms with Crippen molar-refractivity contribution in [2.24, 2.45) is 0 Å². The van der Waals surface area contributed by atoms with Gasteiger partial charge in [0.1, 0.15) is 0 Å². The van der Waals surface area contributed by atoms with E-state index in [4.69, 9.17) is 4.74 Å². The molecule has 4 heteroatoms. The molecule has 0 fully saturated rings. The summed E-state index contributed by atoms with van der Waals surface area (Å²) in [6.45, 7) is 5.93. The van der Waals surface area contributed by atoms with Crippen molar-refractivity contribution in [3.05, 3.63) is 47.0 Å². The summed E-state index contributed by atoms with van der Waals surface area (Å²) >= 11 is 3.30. The van der Waals surface area contributed by atoms with E-state index in [2.05, 4.69) is 22.5 Å². The Balaban J connectivity index is 2.17. The molecule has 0 aromatic heterocycles. The first kappa shape index (κ1) is 15.4. The molecule has 0 aliphatic heterocycles. The highest BCUT2D eigenvalue weighted by Crippen LogP contribution is 2.04. The van der Waals surface area contributed by atoms with Gasteiger partial charge in [0, 0.05) is 17.6 Å². The number of hydrogen-bond donors (Lipinski definition) is 1. The van der Waals surface area contributed by atoms with Crippen LogP contribution in [0, 0.1) is 0 Å². The third-order valence-corrected chi connectivity index (χ3v) is 2.64. The molecule has 0 aliphatic carbocycles. The van der Waals surface area contributed by atoms with Crippen LogP contribution in [0.25, 0.3) is 0 Å². The minimum Gasteiger partial charge on any atom is -0.389 e.